The maximum atomic E-state index is 5.46. The van der Waals surface area contributed by atoms with Gasteiger partial charge in [0.15, 0.2) is 0 Å². The van der Waals surface area contributed by atoms with Gasteiger partial charge in [0, 0.05) is 12.5 Å². The molecular weight excluding hydrogens is 148 g/mol. The molecule has 0 heterocycles. The Kier molecular flexibility index (Phi) is 4.13. The van der Waals surface area contributed by atoms with E-state index in [0.29, 0.717) is 6.04 Å². The van der Waals surface area contributed by atoms with Crippen LogP contribution in [0.4, 0.5) is 0 Å². The Morgan fingerprint density at radius 3 is 2.75 bits per heavy atom. The lowest BCUT2D eigenvalue weighted by atomic mass is 9.78. The van der Waals surface area contributed by atoms with Gasteiger partial charge >= 0.3 is 0 Å². The van der Waals surface area contributed by atoms with E-state index in [1.807, 2.05) is 0 Å². The van der Waals surface area contributed by atoms with E-state index in [1.165, 1.54) is 19.3 Å². The van der Waals surface area contributed by atoms with E-state index >= 15 is 0 Å². The van der Waals surface area contributed by atoms with Crippen molar-refractivity contribution in [3.63, 3.8) is 0 Å². The first-order valence-electron chi connectivity index (χ1n) is 4.78. The minimum absolute atomic E-state index is 0.507. The highest BCUT2D eigenvalue weighted by molar-refractivity contribution is 4.86. The van der Waals surface area contributed by atoms with Crippen molar-refractivity contribution in [1.29, 1.82) is 0 Å². The van der Waals surface area contributed by atoms with E-state index < -0.39 is 0 Å². The first kappa shape index (κ1) is 9.57. The van der Waals surface area contributed by atoms with E-state index in [2.05, 4.69) is 11.3 Å². The van der Waals surface area contributed by atoms with Gasteiger partial charge in [-0.1, -0.05) is 6.42 Å². The summed E-state index contributed by atoms with van der Waals surface area (Å²) < 4.78 is 0. The monoisotopic (exact) mass is 166 g/mol. The van der Waals surface area contributed by atoms with Gasteiger partial charge in [-0.05, 0) is 31.6 Å². The van der Waals surface area contributed by atoms with Crippen LogP contribution in [0, 0.1) is 18.3 Å². The first-order valence-corrected chi connectivity index (χ1v) is 4.78. The third kappa shape index (κ3) is 2.51. The smallest absolute Gasteiger partial charge is 0.0239 e. The van der Waals surface area contributed by atoms with Gasteiger partial charge < -0.3 is 0 Å². The van der Waals surface area contributed by atoms with Gasteiger partial charge in [0.2, 0.25) is 0 Å². The molecule has 0 spiro atoms. The third-order valence-electron chi connectivity index (χ3n) is 2.77. The fourth-order valence-corrected chi connectivity index (χ4v) is 1.72. The first-order chi connectivity index (χ1) is 5.88. The number of hydrazine groups is 1. The van der Waals surface area contributed by atoms with Crippen molar-refractivity contribution in [2.24, 2.45) is 11.8 Å². The second kappa shape index (κ2) is 5.18. The molecule has 0 radical (unpaired) electrons. The highest BCUT2D eigenvalue weighted by Gasteiger charge is 2.25. The van der Waals surface area contributed by atoms with Crippen LogP contribution in [0.2, 0.25) is 0 Å². The number of nitrogens with one attached hydrogen (secondary N) is 1. The molecule has 1 fully saturated rings. The predicted octanol–water partition coefficient (Wildman–Crippen LogP) is 1.42. The molecule has 2 heteroatoms. The van der Waals surface area contributed by atoms with Crippen LogP contribution < -0.4 is 11.3 Å². The lowest BCUT2D eigenvalue weighted by Gasteiger charge is -2.33. The Morgan fingerprint density at radius 2 is 2.33 bits per heavy atom. The average Bonchev–Trinajstić information content (AvgIpc) is 1.99. The van der Waals surface area contributed by atoms with Gasteiger partial charge in [-0.25, -0.2) is 0 Å². The Hall–Kier alpha value is -0.520. The molecule has 1 aliphatic carbocycles. The van der Waals surface area contributed by atoms with Crippen LogP contribution in [0.25, 0.3) is 0 Å². The third-order valence-corrected chi connectivity index (χ3v) is 2.77. The topological polar surface area (TPSA) is 38.0 Å². The van der Waals surface area contributed by atoms with Crippen molar-refractivity contribution in [1.82, 2.24) is 5.43 Å². The van der Waals surface area contributed by atoms with E-state index in [4.69, 9.17) is 12.3 Å². The zero-order valence-electron chi connectivity index (χ0n) is 7.55. The van der Waals surface area contributed by atoms with Crippen molar-refractivity contribution < 1.29 is 0 Å². The summed E-state index contributed by atoms with van der Waals surface area (Å²) in [6.45, 7) is 0. The quantitative estimate of drug-likeness (QED) is 0.280. The molecule has 0 aromatic rings. The maximum Gasteiger partial charge on any atom is 0.0239 e. The highest BCUT2D eigenvalue weighted by atomic mass is 15.2. The molecule has 68 valence electrons. The lowest BCUT2D eigenvalue weighted by Crippen LogP contribution is -2.43. The van der Waals surface area contributed by atoms with Crippen molar-refractivity contribution >= 4 is 0 Å². The largest absolute Gasteiger partial charge is 0.271 e. The summed E-state index contributed by atoms with van der Waals surface area (Å²) >= 11 is 0. The van der Waals surface area contributed by atoms with Gasteiger partial charge in [-0.2, -0.15) is 0 Å². The SMILES string of the molecule is C#CCCCC(NN)C1CCC1. The highest BCUT2D eigenvalue weighted by Crippen LogP contribution is 2.31. The van der Waals surface area contributed by atoms with Crippen molar-refractivity contribution in [3.8, 4) is 12.3 Å². The second-order valence-corrected chi connectivity index (χ2v) is 3.56. The van der Waals surface area contributed by atoms with E-state index in [-0.39, 0.29) is 0 Å². The molecule has 0 bridgehead atoms. The van der Waals surface area contributed by atoms with Gasteiger partial charge in [-0.15, -0.1) is 12.3 Å². The molecule has 1 unspecified atom stereocenters. The minimum atomic E-state index is 0.507. The molecule has 1 saturated carbocycles. The van der Waals surface area contributed by atoms with E-state index in [1.54, 1.807) is 0 Å². The lowest BCUT2D eigenvalue weighted by molar-refractivity contribution is 0.218. The number of hydrogen-bond donors (Lipinski definition) is 2. The Morgan fingerprint density at radius 1 is 1.58 bits per heavy atom. The molecular formula is C10H18N2. The van der Waals surface area contributed by atoms with Crippen LogP contribution >= 0.6 is 0 Å². The van der Waals surface area contributed by atoms with Gasteiger partial charge in [0.05, 0.1) is 0 Å². The summed E-state index contributed by atoms with van der Waals surface area (Å²) in [6.07, 6.45) is 12.3. The number of terminal acetylenes is 1. The van der Waals surface area contributed by atoms with Crippen LogP contribution in [0.1, 0.15) is 38.5 Å². The number of nitrogens with two attached hydrogens (primary N) is 1. The number of hydrogen-bond acceptors (Lipinski definition) is 2. The Bertz CT molecular complexity index is 156. The van der Waals surface area contributed by atoms with Crippen molar-refractivity contribution in [2.75, 3.05) is 0 Å². The van der Waals surface area contributed by atoms with E-state index in [0.717, 1.165) is 25.2 Å². The summed E-state index contributed by atoms with van der Waals surface area (Å²) in [5, 5.41) is 0. The summed E-state index contributed by atoms with van der Waals surface area (Å²) in [4.78, 5) is 0. The van der Waals surface area contributed by atoms with Gasteiger partial charge in [0.1, 0.15) is 0 Å². The molecule has 0 aromatic carbocycles. The van der Waals surface area contributed by atoms with Gasteiger partial charge in [0.25, 0.3) is 0 Å². The zero-order chi connectivity index (χ0) is 8.81. The molecule has 3 N–H and O–H groups in total. The van der Waals surface area contributed by atoms with Crippen molar-refractivity contribution in [3.05, 3.63) is 0 Å². The predicted molar refractivity (Wildman–Crippen MR) is 51.1 cm³/mol. The number of unbranched alkanes of at least 4 members (excludes halogenated alkanes) is 1. The normalized spacial score (nSPS) is 19.7. The molecule has 0 aromatic heterocycles. The second-order valence-electron chi connectivity index (χ2n) is 3.56. The fourth-order valence-electron chi connectivity index (χ4n) is 1.72. The summed E-state index contributed by atoms with van der Waals surface area (Å²) in [5.74, 6) is 8.93. The maximum absolute atomic E-state index is 5.46. The molecule has 1 aliphatic rings. The molecule has 0 amide bonds. The Labute approximate surface area is 74.9 Å². The van der Waals surface area contributed by atoms with Crippen LogP contribution in [0.15, 0.2) is 0 Å². The molecule has 1 atom stereocenters. The van der Waals surface area contributed by atoms with E-state index in [9.17, 15) is 0 Å². The summed E-state index contributed by atoms with van der Waals surface area (Å²) in [6, 6.07) is 0.507. The molecule has 0 aliphatic heterocycles. The standard InChI is InChI=1S/C10H18N2/c1-2-3-4-8-10(12-11)9-6-5-7-9/h1,9-10,12H,3-8,11H2. The Balaban J connectivity index is 2.12. The average molecular weight is 166 g/mol. The zero-order valence-corrected chi connectivity index (χ0v) is 7.55. The number of rotatable bonds is 5. The van der Waals surface area contributed by atoms with Gasteiger partial charge in [-0.3, -0.25) is 11.3 Å². The fraction of sp³-hybridized carbons (Fsp3) is 0.800. The minimum Gasteiger partial charge on any atom is -0.271 e. The molecule has 1 rings (SSSR count). The van der Waals surface area contributed by atoms with Crippen LogP contribution in [-0.2, 0) is 0 Å². The van der Waals surface area contributed by atoms with Crippen LogP contribution in [0.3, 0.4) is 0 Å². The van der Waals surface area contributed by atoms with Crippen molar-refractivity contribution in [2.45, 2.75) is 44.6 Å². The molecule has 0 saturated heterocycles. The van der Waals surface area contributed by atoms with Crippen LogP contribution in [0.5, 0.6) is 0 Å². The van der Waals surface area contributed by atoms with Crippen LogP contribution in [-0.4, -0.2) is 6.04 Å². The summed E-state index contributed by atoms with van der Waals surface area (Å²) in [5.41, 5.74) is 2.89. The molecule has 2 nitrogen and oxygen atoms in total. The summed E-state index contributed by atoms with van der Waals surface area (Å²) in [7, 11) is 0. The molecule has 12 heavy (non-hydrogen) atoms.